The van der Waals surface area contributed by atoms with Gasteiger partial charge in [0.05, 0.1) is 12.8 Å². The van der Waals surface area contributed by atoms with Crippen LogP contribution in [0.4, 0.5) is 4.39 Å². The van der Waals surface area contributed by atoms with E-state index in [1.165, 1.54) is 12.1 Å². The lowest BCUT2D eigenvalue weighted by molar-refractivity contribution is 0.306. The van der Waals surface area contributed by atoms with Crippen LogP contribution in [0.2, 0.25) is 0 Å². The van der Waals surface area contributed by atoms with Crippen LogP contribution in [0, 0.1) is 5.82 Å². The SMILES string of the molecule is Fc1ccc(COc2cccc(C(=S)NCc3ccco3)c2)cc1. The quantitative estimate of drug-likeness (QED) is 0.671. The van der Waals surface area contributed by atoms with Crippen LogP contribution in [0.3, 0.4) is 0 Å². The second-order valence-electron chi connectivity index (χ2n) is 5.21. The van der Waals surface area contributed by atoms with E-state index in [1.54, 1.807) is 18.4 Å². The summed E-state index contributed by atoms with van der Waals surface area (Å²) in [6.45, 7) is 0.906. The van der Waals surface area contributed by atoms with Gasteiger partial charge < -0.3 is 14.5 Å². The predicted octanol–water partition coefficient (Wildman–Crippen LogP) is 4.46. The first-order valence-electron chi connectivity index (χ1n) is 7.48. The Morgan fingerprint density at radius 1 is 1.08 bits per heavy atom. The van der Waals surface area contributed by atoms with Gasteiger partial charge in [0.1, 0.15) is 28.9 Å². The molecule has 0 aliphatic carbocycles. The predicted molar refractivity (Wildman–Crippen MR) is 94.4 cm³/mol. The molecular formula is C19H16FNO2S. The van der Waals surface area contributed by atoms with Gasteiger partial charge >= 0.3 is 0 Å². The highest BCUT2D eigenvalue weighted by Gasteiger charge is 2.04. The summed E-state index contributed by atoms with van der Waals surface area (Å²) in [5, 5.41) is 3.15. The monoisotopic (exact) mass is 341 g/mol. The standard InChI is InChI=1S/C19H16FNO2S/c20-16-8-6-14(7-9-16)13-23-17-4-1-3-15(11-17)19(24)21-12-18-5-2-10-22-18/h1-11H,12-13H2,(H,21,24). The van der Waals surface area contributed by atoms with Crippen molar-refractivity contribution >= 4 is 17.2 Å². The number of nitrogens with one attached hydrogen (secondary N) is 1. The van der Waals surface area contributed by atoms with Crippen LogP contribution >= 0.6 is 12.2 Å². The zero-order valence-electron chi connectivity index (χ0n) is 12.9. The molecule has 0 aliphatic heterocycles. The van der Waals surface area contributed by atoms with E-state index in [0.717, 1.165) is 16.9 Å². The topological polar surface area (TPSA) is 34.4 Å². The Hall–Kier alpha value is -2.66. The van der Waals surface area contributed by atoms with Crippen LogP contribution < -0.4 is 10.1 Å². The summed E-state index contributed by atoms with van der Waals surface area (Å²) in [6.07, 6.45) is 1.63. The Bertz CT molecular complexity index is 800. The number of hydrogen-bond donors (Lipinski definition) is 1. The molecule has 0 saturated carbocycles. The van der Waals surface area contributed by atoms with Crippen molar-refractivity contribution < 1.29 is 13.5 Å². The minimum atomic E-state index is -0.256. The van der Waals surface area contributed by atoms with Gasteiger partial charge in [-0.3, -0.25) is 0 Å². The number of hydrogen-bond acceptors (Lipinski definition) is 3. The number of ether oxygens (including phenoxy) is 1. The van der Waals surface area contributed by atoms with Crippen LogP contribution in [0.1, 0.15) is 16.9 Å². The van der Waals surface area contributed by atoms with E-state index in [0.29, 0.717) is 23.9 Å². The van der Waals surface area contributed by atoms with Gasteiger partial charge in [-0.15, -0.1) is 0 Å². The Balaban J connectivity index is 1.58. The maximum Gasteiger partial charge on any atom is 0.123 e. The van der Waals surface area contributed by atoms with Crippen molar-refractivity contribution in [1.29, 1.82) is 0 Å². The van der Waals surface area contributed by atoms with Crippen LogP contribution in [0.15, 0.2) is 71.3 Å². The molecule has 0 bridgehead atoms. The highest BCUT2D eigenvalue weighted by atomic mass is 32.1. The van der Waals surface area contributed by atoms with E-state index >= 15 is 0 Å². The third kappa shape index (κ3) is 4.43. The van der Waals surface area contributed by atoms with Crippen molar-refractivity contribution in [2.75, 3.05) is 0 Å². The minimum Gasteiger partial charge on any atom is -0.489 e. The fraction of sp³-hybridized carbons (Fsp3) is 0.105. The normalized spacial score (nSPS) is 10.4. The molecule has 1 aromatic heterocycles. The van der Waals surface area contributed by atoms with Crippen LogP contribution in [-0.2, 0) is 13.2 Å². The molecule has 0 saturated heterocycles. The minimum absolute atomic E-state index is 0.256. The van der Waals surface area contributed by atoms with E-state index < -0.39 is 0 Å². The lowest BCUT2D eigenvalue weighted by Gasteiger charge is -2.10. The van der Waals surface area contributed by atoms with Gasteiger partial charge in [-0.05, 0) is 42.0 Å². The molecule has 0 radical (unpaired) electrons. The lowest BCUT2D eigenvalue weighted by Crippen LogP contribution is -2.21. The molecule has 0 unspecified atom stereocenters. The average Bonchev–Trinajstić information content (AvgIpc) is 3.13. The van der Waals surface area contributed by atoms with Gasteiger partial charge in [0.2, 0.25) is 0 Å². The van der Waals surface area contributed by atoms with E-state index in [1.807, 2.05) is 36.4 Å². The molecule has 5 heteroatoms. The number of halogens is 1. The highest BCUT2D eigenvalue weighted by Crippen LogP contribution is 2.16. The van der Waals surface area contributed by atoms with Gasteiger partial charge in [-0.1, -0.05) is 36.5 Å². The van der Waals surface area contributed by atoms with Crippen molar-refractivity contribution in [2.24, 2.45) is 0 Å². The van der Waals surface area contributed by atoms with Crippen molar-refractivity contribution in [3.05, 3.63) is 89.6 Å². The van der Waals surface area contributed by atoms with Gasteiger partial charge in [-0.25, -0.2) is 4.39 Å². The molecule has 3 aromatic rings. The second kappa shape index (κ2) is 7.75. The summed E-state index contributed by atoms with van der Waals surface area (Å²) in [5.41, 5.74) is 1.77. The molecule has 0 atom stereocenters. The average molecular weight is 341 g/mol. The first-order valence-corrected chi connectivity index (χ1v) is 7.89. The van der Waals surface area contributed by atoms with Crippen molar-refractivity contribution in [3.63, 3.8) is 0 Å². The highest BCUT2D eigenvalue weighted by molar-refractivity contribution is 7.80. The largest absolute Gasteiger partial charge is 0.489 e. The number of furan rings is 1. The molecule has 24 heavy (non-hydrogen) atoms. The van der Waals surface area contributed by atoms with Gasteiger partial charge in [0.25, 0.3) is 0 Å². The summed E-state index contributed by atoms with van der Waals surface area (Å²) in [5.74, 6) is 1.27. The molecule has 1 N–H and O–H groups in total. The fourth-order valence-corrected chi connectivity index (χ4v) is 2.36. The van der Waals surface area contributed by atoms with E-state index in [9.17, 15) is 4.39 Å². The summed E-state index contributed by atoms with van der Waals surface area (Å²) >= 11 is 5.40. The molecule has 3 nitrogen and oxygen atoms in total. The first kappa shape index (κ1) is 16.2. The molecule has 0 amide bonds. The lowest BCUT2D eigenvalue weighted by atomic mass is 10.2. The third-order valence-corrected chi connectivity index (χ3v) is 3.80. The summed E-state index contributed by atoms with van der Waals surface area (Å²) in [7, 11) is 0. The zero-order chi connectivity index (χ0) is 16.8. The smallest absolute Gasteiger partial charge is 0.123 e. The Kier molecular flexibility index (Phi) is 5.23. The van der Waals surface area contributed by atoms with Crippen molar-refractivity contribution in [3.8, 4) is 5.75 Å². The molecule has 0 fully saturated rings. The molecule has 122 valence electrons. The van der Waals surface area contributed by atoms with E-state index in [2.05, 4.69) is 5.32 Å². The number of benzene rings is 2. The Labute approximate surface area is 145 Å². The summed E-state index contributed by atoms with van der Waals surface area (Å²) in [6, 6.07) is 17.5. The fourth-order valence-electron chi connectivity index (χ4n) is 2.16. The van der Waals surface area contributed by atoms with Crippen LogP contribution in [0.5, 0.6) is 5.75 Å². The van der Waals surface area contributed by atoms with Gasteiger partial charge in [0.15, 0.2) is 0 Å². The number of thiocarbonyl (C=S) groups is 1. The Morgan fingerprint density at radius 3 is 2.67 bits per heavy atom. The van der Waals surface area contributed by atoms with Crippen molar-refractivity contribution in [2.45, 2.75) is 13.2 Å². The first-order chi connectivity index (χ1) is 11.7. The molecule has 1 heterocycles. The zero-order valence-corrected chi connectivity index (χ0v) is 13.7. The van der Waals surface area contributed by atoms with Crippen molar-refractivity contribution in [1.82, 2.24) is 5.32 Å². The molecule has 3 rings (SSSR count). The molecule has 0 aliphatic rings. The van der Waals surface area contributed by atoms with Crippen LogP contribution in [0.25, 0.3) is 0 Å². The summed E-state index contributed by atoms with van der Waals surface area (Å²) < 4.78 is 23.9. The maximum atomic E-state index is 12.9. The number of rotatable bonds is 6. The van der Waals surface area contributed by atoms with Gasteiger partial charge in [-0.2, -0.15) is 0 Å². The maximum absolute atomic E-state index is 12.9. The van der Waals surface area contributed by atoms with E-state index in [4.69, 9.17) is 21.4 Å². The van der Waals surface area contributed by atoms with E-state index in [-0.39, 0.29) is 5.82 Å². The molecule has 2 aromatic carbocycles. The molecule has 0 spiro atoms. The second-order valence-corrected chi connectivity index (χ2v) is 5.61. The third-order valence-electron chi connectivity index (χ3n) is 3.42. The molecular weight excluding hydrogens is 325 g/mol. The van der Waals surface area contributed by atoms with Crippen LogP contribution in [-0.4, -0.2) is 4.99 Å². The van der Waals surface area contributed by atoms with Gasteiger partial charge in [0, 0.05) is 5.56 Å². The Morgan fingerprint density at radius 2 is 1.92 bits per heavy atom. The summed E-state index contributed by atoms with van der Waals surface area (Å²) in [4.78, 5) is 0.624.